The van der Waals surface area contributed by atoms with Gasteiger partial charge in [-0.05, 0) is 5.56 Å². The van der Waals surface area contributed by atoms with Gasteiger partial charge in [-0.1, -0.05) is 48.5 Å². The third-order valence-corrected chi connectivity index (χ3v) is 4.15. The van der Waals surface area contributed by atoms with E-state index in [-0.39, 0.29) is 17.1 Å². The van der Waals surface area contributed by atoms with Crippen molar-refractivity contribution >= 4 is 20.3 Å². The molecular weight excluding hydrogens is 315 g/mol. The van der Waals surface area contributed by atoms with Gasteiger partial charge in [-0.25, -0.2) is 4.57 Å². The van der Waals surface area contributed by atoms with Gasteiger partial charge in [-0.2, -0.15) is 0 Å². The maximum atomic E-state index is 12.8. The molecule has 0 amide bonds. The molecule has 2 unspecified atom stereocenters. The predicted molar refractivity (Wildman–Crippen MR) is 82.7 cm³/mol. The van der Waals surface area contributed by atoms with E-state index in [2.05, 4.69) is 0 Å². The number of Topliss-reactive ketones (excluding diaryl/α,β-unsaturated/α-hetero) is 2. The molecule has 3 rings (SSSR count). The van der Waals surface area contributed by atoms with Crippen LogP contribution in [0.15, 0.2) is 48.5 Å². The Hall–Kier alpha value is -2.20. The molecule has 0 saturated heterocycles. The number of benzene rings is 2. The van der Waals surface area contributed by atoms with Crippen LogP contribution in [0.3, 0.4) is 0 Å². The van der Waals surface area contributed by atoms with Gasteiger partial charge in [0.1, 0.15) is 5.92 Å². The van der Waals surface area contributed by atoms with Gasteiger partial charge in [0.2, 0.25) is 0 Å². The van der Waals surface area contributed by atoms with Gasteiger partial charge < -0.3 is 4.74 Å². The standard InChI is InChI=1S/C17H13O5P/c1-21-17(22-23-20)12-9-5-8-11-14(12)16(19)13(15(11)18)10-6-3-2-4-7-10/h2-9,13,17H,1H3. The predicted octanol–water partition coefficient (Wildman–Crippen LogP) is 3.72. The number of hydrogen-bond acceptors (Lipinski definition) is 5. The van der Waals surface area contributed by atoms with E-state index < -0.39 is 20.9 Å². The number of carbonyl (C=O) groups is 2. The molecule has 0 aromatic heterocycles. The molecule has 0 fully saturated rings. The van der Waals surface area contributed by atoms with Gasteiger partial charge in [-0.3, -0.25) is 14.1 Å². The molecule has 0 N–H and O–H groups in total. The van der Waals surface area contributed by atoms with E-state index in [1.807, 2.05) is 6.07 Å². The van der Waals surface area contributed by atoms with Crippen LogP contribution in [0.5, 0.6) is 0 Å². The Labute approximate surface area is 134 Å². The molecule has 5 nitrogen and oxygen atoms in total. The van der Waals surface area contributed by atoms with Gasteiger partial charge in [0.05, 0.1) is 0 Å². The zero-order valence-corrected chi connectivity index (χ0v) is 13.2. The summed E-state index contributed by atoms with van der Waals surface area (Å²) in [4.78, 5) is 25.5. The van der Waals surface area contributed by atoms with Gasteiger partial charge in [0, 0.05) is 23.8 Å². The lowest BCUT2D eigenvalue weighted by molar-refractivity contribution is -0.0484. The van der Waals surface area contributed by atoms with E-state index in [1.54, 1.807) is 42.5 Å². The van der Waals surface area contributed by atoms with E-state index in [0.29, 0.717) is 16.7 Å². The number of ether oxygens (including phenoxy) is 1. The van der Waals surface area contributed by atoms with Crippen LogP contribution < -0.4 is 0 Å². The average Bonchev–Trinajstić information content (AvgIpc) is 2.85. The summed E-state index contributed by atoms with van der Waals surface area (Å²) in [5.74, 6) is -1.39. The molecule has 23 heavy (non-hydrogen) atoms. The summed E-state index contributed by atoms with van der Waals surface area (Å²) in [5.41, 5.74) is 1.68. The van der Waals surface area contributed by atoms with Crippen molar-refractivity contribution in [3.63, 3.8) is 0 Å². The molecule has 1 aliphatic carbocycles. The van der Waals surface area contributed by atoms with E-state index in [4.69, 9.17) is 9.26 Å². The van der Waals surface area contributed by atoms with Crippen molar-refractivity contribution in [2.24, 2.45) is 0 Å². The summed E-state index contributed by atoms with van der Waals surface area (Å²) in [7, 11) is 0.815. The summed E-state index contributed by atoms with van der Waals surface area (Å²) in [5, 5.41) is 0. The van der Waals surface area contributed by atoms with Crippen LogP contribution in [0.25, 0.3) is 0 Å². The summed E-state index contributed by atoms with van der Waals surface area (Å²) < 4.78 is 20.8. The average molecular weight is 328 g/mol. The van der Waals surface area contributed by atoms with Crippen molar-refractivity contribution in [1.29, 1.82) is 0 Å². The molecule has 1 aliphatic rings. The lowest BCUT2D eigenvalue weighted by Gasteiger charge is -2.14. The monoisotopic (exact) mass is 328 g/mol. The number of ketones is 2. The zero-order valence-electron chi connectivity index (χ0n) is 12.3. The van der Waals surface area contributed by atoms with Crippen LogP contribution in [0.4, 0.5) is 0 Å². The van der Waals surface area contributed by atoms with Crippen molar-refractivity contribution < 1.29 is 23.4 Å². The zero-order chi connectivity index (χ0) is 16.4. The quantitative estimate of drug-likeness (QED) is 0.475. The Bertz CT molecular complexity index is 772. The van der Waals surface area contributed by atoms with E-state index >= 15 is 0 Å². The molecule has 0 heterocycles. The van der Waals surface area contributed by atoms with Gasteiger partial charge in [-0.15, -0.1) is 0 Å². The molecule has 2 atom stereocenters. The lowest BCUT2D eigenvalue weighted by atomic mass is 9.94. The number of fused-ring (bicyclic) bond motifs is 1. The molecular formula is C17H13O5P. The highest BCUT2D eigenvalue weighted by Gasteiger charge is 2.42. The highest BCUT2D eigenvalue weighted by molar-refractivity contribution is 7.17. The lowest BCUT2D eigenvalue weighted by Crippen LogP contribution is -2.13. The summed E-state index contributed by atoms with van der Waals surface area (Å²) in [6.07, 6.45) is -0.976. The fourth-order valence-electron chi connectivity index (χ4n) is 2.88. The van der Waals surface area contributed by atoms with Crippen LogP contribution >= 0.6 is 8.69 Å². The van der Waals surface area contributed by atoms with Crippen molar-refractivity contribution in [2.75, 3.05) is 7.11 Å². The summed E-state index contributed by atoms with van der Waals surface area (Å²) in [6, 6.07) is 13.8. The Morgan fingerprint density at radius 3 is 2.39 bits per heavy atom. The number of methoxy groups -OCH3 is 1. The minimum absolute atomic E-state index is 0.243. The van der Waals surface area contributed by atoms with Crippen molar-refractivity contribution in [3.05, 3.63) is 70.8 Å². The normalized spacial score (nSPS) is 18.2. The largest absolute Gasteiger partial charge is 0.351 e. The van der Waals surface area contributed by atoms with Gasteiger partial charge in [0.15, 0.2) is 17.9 Å². The molecule has 2 aromatic carbocycles. The third kappa shape index (κ3) is 2.63. The Balaban J connectivity index is 2.10. The molecule has 0 spiro atoms. The second-order valence-corrected chi connectivity index (χ2v) is 5.45. The SMILES string of the molecule is COC(OP=O)c1cccc2c1C(=O)C(c1ccccc1)C2=O. The third-order valence-electron chi connectivity index (χ3n) is 3.87. The van der Waals surface area contributed by atoms with Crippen molar-refractivity contribution in [1.82, 2.24) is 0 Å². The Morgan fingerprint density at radius 1 is 1.00 bits per heavy atom. The number of carbonyl (C=O) groups excluding carboxylic acids is 2. The van der Waals surface area contributed by atoms with Crippen LogP contribution in [0, 0.1) is 0 Å². The van der Waals surface area contributed by atoms with Crippen LogP contribution in [-0.4, -0.2) is 18.7 Å². The molecule has 2 aromatic rings. The molecule has 0 radical (unpaired) electrons. The first-order valence-electron chi connectivity index (χ1n) is 6.96. The van der Waals surface area contributed by atoms with Crippen LogP contribution in [0.1, 0.15) is 44.1 Å². The van der Waals surface area contributed by atoms with Gasteiger partial charge >= 0.3 is 8.69 Å². The molecule has 6 heteroatoms. The number of hydrogen-bond donors (Lipinski definition) is 0. The van der Waals surface area contributed by atoms with E-state index in [1.165, 1.54) is 7.11 Å². The van der Waals surface area contributed by atoms with Crippen molar-refractivity contribution in [3.8, 4) is 0 Å². The molecule has 116 valence electrons. The maximum Gasteiger partial charge on any atom is 0.330 e. The summed E-state index contributed by atoms with van der Waals surface area (Å²) >= 11 is 0. The first-order valence-corrected chi connectivity index (χ1v) is 7.69. The fourth-order valence-corrected chi connectivity index (χ4v) is 3.16. The van der Waals surface area contributed by atoms with E-state index in [9.17, 15) is 14.2 Å². The first-order chi connectivity index (χ1) is 11.2. The molecule has 0 aliphatic heterocycles. The fraction of sp³-hybridized carbons (Fsp3) is 0.176. The van der Waals surface area contributed by atoms with Crippen molar-refractivity contribution in [2.45, 2.75) is 12.2 Å². The topological polar surface area (TPSA) is 69.7 Å². The number of rotatable bonds is 5. The maximum absolute atomic E-state index is 12.8. The minimum Gasteiger partial charge on any atom is -0.351 e. The highest BCUT2D eigenvalue weighted by Crippen LogP contribution is 2.38. The summed E-state index contributed by atoms with van der Waals surface area (Å²) in [6.45, 7) is 0. The first kappa shape index (κ1) is 15.7. The molecule has 0 saturated carbocycles. The van der Waals surface area contributed by atoms with Gasteiger partial charge in [0.25, 0.3) is 0 Å². The second kappa shape index (κ2) is 6.50. The highest BCUT2D eigenvalue weighted by atomic mass is 31.1. The van der Waals surface area contributed by atoms with E-state index in [0.717, 1.165) is 0 Å². The minimum atomic E-state index is -0.976. The Morgan fingerprint density at radius 2 is 1.74 bits per heavy atom. The molecule has 0 bridgehead atoms. The Kier molecular flexibility index (Phi) is 4.44. The van der Waals surface area contributed by atoms with Crippen LogP contribution in [0.2, 0.25) is 0 Å². The second-order valence-electron chi connectivity index (χ2n) is 5.09. The van der Waals surface area contributed by atoms with Crippen LogP contribution in [-0.2, 0) is 13.8 Å². The smallest absolute Gasteiger partial charge is 0.330 e.